The Balaban J connectivity index is 1.64. The van der Waals surface area contributed by atoms with Crippen LogP contribution < -0.4 is 0 Å². The number of β-lactam (4-membered cyclic amide) rings is 1. The summed E-state index contributed by atoms with van der Waals surface area (Å²) >= 11 is 0. The minimum atomic E-state index is -1.68. The Morgan fingerprint density at radius 1 is 1.23 bits per heavy atom. The zero-order chi connectivity index (χ0) is 18.5. The van der Waals surface area contributed by atoms with Gasteiger partial charge in [-0.05, 0) is 32.3 Å². The minimum absolute atomic E-state index is 0.0246. The van der Waals surface area contributed by atoms with Gasteiger partial charge in [-0.25, -0.2) is 0 Å². The van der Waals surface area contributed by atoms with Crippen LogP contribution in [0.3, 0.4) is 0 Å². The highest BCUT2D eigenvalue weighted by Crippen LogP contribution is 2.47. The molecule has 3 aliphatic rings. The summed E-state index contributed by atoms with van der Waals surface area (Å²) in [4.78, 5) is 26.9. The van der Waals surface area contributed by atoms with Crippen molar-refractivity contribution in [2.45, 2.75) is 63.2 Å². The van der Waals surface area contributed by atoms with E-state index in [2.05, 4.69) is 0 Å². The molecule has 1 aromatic rings. The molecule has 140 valence electrons. The number of Topliss-reactive ketones (excluding diaryl/α,β-unsaturated/α-hetero) is 1. The van der Waals surface area contributed by atoms with Crippen molar-refractivity contribution in [1.82, 2.24) is 4.90 Å². The summed E-state index contributed by atoms with van der Waals surface area (Å²) in [7, 11) is 0. The molecule has 3 fully saturated rings. The maximum Gasteiger partial charge on any atom is 0.258 e. The summed E-state index contributed by atoms with van der Waals surface area (Å²) < 4.78 is 11.6. The normalized spacial score (nSPS) is 36.4. The highest BCUT2D eigenvalue weighted by molar-refractivity contribution is 6.00. The van der Waals surface area contributed by atoms with Gasteiger partial charge in [0.05, 0.1) is 18.6 Å². The van der Waals surface area contributed by atoms with Crippen LogP contribution in [0, 0.1) is 5.92 Å². The molecule has 0 spiro atoms. The van der Waals surface area contributed by atoms with Gasteiger partial charge in [0.1, 0.15) is 11.9 Å². The molecule has 1 amide bonds. The number of benzene rings is 1. The maximum atomic E-state index is 13.0. The third-order valence-electron chi connectivity index (χ3n) is 5.80. The van der Waals surface area contributed by atoms with E-state index >= 15 is 0 Å². The molecule has 6 heteroatoms. The highest BCUT2D eigenvalue weighted by Gasteiger charge is 2.69. The van der Waals surface area contributed by atoms with Crippen LogP contribution >= 0.6 is 0 Å². The van der Waals surface area contributed by atoms with E-state index in [0.29, 0.717) is 26.0 Å². The van der Waals surface area contributed by atoms with E-state index in [9.17, 15) is 14.7 Å². The van der Waals surface area contributed by atoms with Gasteiger partial charge in [-0.3, -0.25) is 9.59 Å². The predicted octanol–water partition coefficient (Wildman–Crippen LogP) is 1.65. The fraction of sp³-hybridized carbons (Fsp3) is 0.600. The molecule has 1 aromatic carbocycles. The minimum Gasteiger partial charge on any atom is -0.377 e. The Morgan fingerprint density at radius 3 is 2.54 bits per heavy atom. The van der Waals surface area contributed by atoms with Crippen LogP contribution in [0.2, 0.25) is 0 Å². The summed E-state index contributed by atoms with van der Waals surface area (Å²) in [5, 5.41) is 11.3. The SMILES string of the molecule is CC1(C)OC[C@H]([C@@H]2N(Cc3ccccc3)C(=O)[C@@]2(O)[C@@H]2CCCC2=O)O1. The zero-order valence-corrected chi connectivity index (χ0v) is 15.2. The summed E-state index contributed by atoms with van der Waals surface area (Å²) in [5.74, 6) is -1.80. The molecule has 1 saturated carbocycles. The van der Waals surface area contributed by atoms with E-state index in [1.807, 2.05) is 44.2 Å². The molecule has 26 heavy (non-hydrogen) atoms. The van der Waals surface area contributed by atoms with Crippen molar-refractivity contribution < 1.29 is 24.2 Å². The lowest BCUT2D eigenvalue weighted by atomic mass is 9.69. The van der Waals surface area contributed by atoms with Crippen LogP contribution in [-0.4, -0.2) is 51.8 Å². The number of rotatable bonds is 4. The highest BCUT2D eigenvalue weighted by atomic mass is 16.7. The summed E-state index contributed by atoms with van der Waals surface area (Å²) in [6.45, 7) is 4.30. The van der Waals surface area contributed by atoms with Gasteiger partial charge in [0.2, 0.25) is 0 Å². The molecule has 6 nitrogen and oxygen atoms in total. The lowest BCUT2D eigenvalue weighted by Crippen LogP contribution is -2.80. The van der Waals surface area contributed by atoms with E-state index in [4.69, 9.17) is 9.47 Å². The van der Waals surface area contributed by atoms with Crippen LogP contribution in [0.1, 0.15) is 38.7 Å². The van der Waals surface area contributed by atoms with Gasteiger partial charge in [0.25, 0.3) is 5.91 Å². The Hall–Kier alpha value is -1.76. The maximum absolute atomic E-state index is 13.0. The molecule has 2 heterocycles. The topological polar surface area (TPSA) is 76.1 Å². The number of ether oxygens (including phenoxy) is 2. The van der Waals surface area contributed by atoms with Gasteiger partial charge in [0.15, 0.2) is 11.4 Å². The van der Waals surface area contributed by atoms with Crippen molar-refractivity contribution in [2.75, 3.05) is 6.61 Å². The summed E-state index contributed by atoms with van der Waals surface area (Å²) in [6, 6.07) is 9.06. The van der Waals surface area contributed by atoms with Gasteiger partial charge < -0.3 is 19.5 Å². The molecular weight excluding hydrogens is 334 g/mol. The van der Waals surface area contributed by atoms with Crippen molar-refractivity contribution in [3.63, 3.8) is 0 Å². The fourth-order valence-electron chi connectivity index (χ4n) is 4.60. The fourth-order valence-corrected chi connectivity index (χ4v) is 4.60. The molecule has 0 radical (unpaired) electrons. The number of ketones is 1. The van der Waals surface area contributed by atoms with Crippen molar-refractivity contribution in [3.8, 4) is 0 Å². The van der Waals surface area contributed by atoms with Crippen molar-refractivity contribution in [2.24, 2.45) is 5.92 Å². The molecule has 0 aromatic heterocycles. The van der Waals surface area contributed by atoms with E-state index < -0.39 is 29.5 Å². The van der Waals surface area contributed by atoms with Gasteiger partial charge in [0, 0.05) is 13.0 Å². The van der Waals surface area contributed by atoms with Gasteiger partial charge in [-0.15, -0.1) is 0 Å². The second kappa shape index (κ2) is 6.15. The lowest BCUT2D eigenvalue weighted by Gasteiger charge is -2.56. The smallest absolute Gasteiger partial charge is 0.258 e. The Morgan fingerprint density at radius 2 is 1.96 bits per heavy atom. The number of nitrogens with zero attached hydrogens (tertiary/aromatic N) is 1. The second-order valence-electron chi connectivity index (χ2n) is 7.97. The number of carbonyl (C=O) groups is 2. The van der Waals surface area contributed by atoms with E-state index in [0.717, 1.165) is 12.0 Å². The molecular formula is C20H25NO5. The second-order valence-corrected chi connectivity index (χ2v) is 7.97. The molecule has 4 atom stereocenters. The van der Waals surface area contributed by atoms with Crippen molar-refractivity contribution >= 4 is 11.7 Å². The number of likely N-dealkylation sites (tertiary alicyclic amines) is 1. The van der Waals surface area contributed by atoms with Crippen LogP contribution in [0.25, 0.3) is 0 Å². The van der Waals surface area contributed by atoms with Gasteiger partial charge >= 0.3 is 0 Å². The lowest BCUT2D eigenvalue weighted by molar-refractivity contribution is -0.227. The molecule has 0 unspecified atom stereocenters. The van der Waals surface area contributed by atoms with Crippen molar-refractivity contribution in [3.05, 3.63) is 35.9 Å². The average molecular weight is 359 g/mol. The molecule has 2 aliphatic heterocycles. The van der Waals surface area contributed by atoms with Gasteiger partial charge in [-0.1, -0.05) is 30.3 Å². The van der Waals surface area contributed by atoms with Crippen LogP contribution in [0.4, 0.5) is 0 Å². The first-order valence-electron chi connectivity index (χ1n) is 9.25. The number of hydrogen-bond acceptors (Lipinski definition) is 5. The van der Waals surface area contributed by atoms with E-state index in [-0.39, 0.29) is 11.7 Å². The summed E-state index contributed by atoms with van der Waals surface area (Å²) in [5.41, 5.74) is -0.708. The molecule has 1 N–H and O–H groups in total. The van der Waals surface area contributed by atoms with Crippen LogP contribution in [-0.2, 0) is 25.6 Å². The quantitative estimate of drug-likeness (QED) is 0.828. The number of carbonyl (C=O) groups excluding carboxylic acids is 2. The van der Waals surface area contributed by atoms with Gasteiger partial charge in [-0.2, -0.15) is 0 Å². The number of amides is 1. The van der Waals surface area contributed by atoms with Crippen molar-refractivity contribution in [1.29, 1.82) is 0 Å². The zero-order valence-electron chi connectivity index (χ0n) is 15.2. The van der Waals surface area contributed by atoms with E-state index in [1.54, 1.807) is 4.90 Å². The largest absolute Gasteiger partial charge is 0.377 e. The molecule has 0 bridgehead atoms. The van der Waals surface area contributed by atoms with Crippen LogP contribution in [0.15, 0.2) is 30.3 Å². The molecule has 1 aliphatic carbocycles. The van der Waals surface area contributed by atoms with E-state index in [1.165, 1.54) is 0 Å². The Bertz CT molecular complexity index is 718. The monoisotopic (exact) mass is 359 g/mol. The number of aliphatic hydroxyl groups is 1. The Labute approximate surface area is 153 Å². The summed E-state index contributed by atoms with van der Waals surface area (Å²) in [6.07, 6.45) is 1.25. The standard InChI is InChI=1S/C20H25NO5/c1-19(2)25-12-16(26-19)17-20(24,14-9-6-10-15(14)22)18(23)21(17)11-13-7-4-3-5-8-13/h3-5,7-8,14,16-17,24H,6,9-12H2,1-2H3/t14-,16-,17+,20-/m1/s1. The van der Waals surface area contributed by atoms with Crippen LogP contribution in [0.5, 0.6) is 0 Å². The average Bonchev–Trinajstić information content (AvgIpc) is 3.20. The molecule has 4 rings (SSSR count). The Kier molecular flexibility index (Phi) is 4.17. The first-order chi connectivity index (χ1) is 12.3. The third-order valence-corrected chi connectivity index (χ3v) is 5.80. The first kappa shape index (κ1) is 17.6. The molecule has 2 saturated heterocycles. The number of hydrogen-bond donors (Lipinski definition) is 1. The third kappa shape index (κ3) is 2.68. The first-order valence-corrected chi connectivity index (χ1v) is 9.25. The predicted molar refractivity (Wildman–Crippen MR) is 93.0 cm³/mol.